The molecule has 1 heterocycles. The van der Waals surface area contributed by atoms with Gasteiger partial charge in [0.05, 0.1) is 25.9 Å². The molecule has 7 heteroatoms. The first-order valence-electron chi connectivity index (χ1n) is 9.33. The minimum atomic E-state index is 0.191. The molecule has 0 saturated heterocycles. The number of hydrogen-bond acceptors (Lipinski definition) is 4. The molecule has 2 N–H and O–H groups in total. The first kappa shape index (κ1) is 20.8. The maximum Gasteiger partial charge on any atom is 0.191 e. The first-order chi connectivity index (χ1) is 13.0. The summed E-state index contributed by atoms with van der Waals surface area (Å²) in [7, 11) is 7.75. The standard InChI is InChI=1S/C20H32N6O/c1-6-21-20(22-12-11-16-7-9-18(27-5)10-8-16)23-14-19(25(2)3)17-13-24-26(4)15-17/h7-10,13,15,19H,6,11-12,14H2,1-5H3,(H2,21,22,23). The van der Waals surface area contributed by atoms with E-state index in [4.69, 9.17) is 9.73 Å². The van der Waals surface area contributed by atoms with Gasteiger partial charge in [-0.3, -0.25) is 9.67 Å². The lowest BCUT2D eigenvalue weighted by atomic mass is 10.1. The van der Waals surface area contributed by atoms with E-state index in [1.165, 1.54) is 11.1 Å². The fraction of sp³-hybridized carbons (Fsp3) is 0.500. The zero-order valence-corrected chi connectivity index (χ0v) is 17.1. The minimum Gasteiger partial charge on any atom is -0.497 e. The van der Waals surface area contributed by atoms with Crippen molar-refractivity contribution in [3.63, 3.8) is 0 Å². The molecule has 0 spiro atoms. The average molecular weight is 373 g/mol. The van der Waals surface area contributed by atoms with Gasteiger partial charge < -0.3 is 20.3 Å². The van der Waals surface area contributed by atoms with Gasteiger partial charge in [0.25, 0.3) is 0 Å². The topological polar surface area (TPSA) is 66.7 Å². The SMILES string of the molecule is CCNC(=NCC(c1cnn(C)c1)N(C)C)NCCc1ccc(OC)cc1. The van der Waals surface area contributed by atoms with Crippen LogP contribution in [-0.2, 0) is 13.5 Å². The third-order valence-corrected chi connectivity index (χ3v) is 4.36. The van der Waals surface area contributed by atoms with Crippen molar-refractivity contribution in [1.29, 1.82) is 0 Å². The highest BCUT2D eigenvalue weighted by Crippen LogP contribution is 2.17. The Bertz CT molecular complexity index is 708. The van der Waals surface area contributed by atoms with Gasteiger partial charge in [0.1, 0.15) is 5.75 Å². The summed E-state index contributed by atoms with van der Waals surface area (Å²) in [5.74, 6) is 1.72. The third kappa shape index (κ3) is 6.60. The molecule has 1 unspecified atom stereocenters. The van der Waals surface area contributed by atoms with Crippen LogP contribution in [0.4, 0.5) is 0 Å². The minimum absolute atomic E-state index is 0.191. The molecule has 0 bridgehead atoms. The van der Waals surface area contributed by atoms with E-state index in [1.54, 1.807) is 7.11 Å². The molecule has 148 valence electrons. The molecule has 2 rings (SSSR count). The maximum absolute atomic E-state index is 5.20. The molecule has 0 radical (unpaired) electrons. The first-order valence-corrected chi connectivity index (χ1v) is 9.33. The molecule has 0 amide bonds. The van der Waals surface area contributed by atoms with Gasteiger partial charge in [0, 0.05) is 31.9 Å². The van der Waals surface area contributed by atoms with Gasteiger partial charge in [-0.2, -0.15) is 5.10 Å². The van der Waals surface area contributed by atoms with Crippen LogP contribution < -0.4 is 15.4 Å². The van der Waals surface area contributed by atoms with E-state index in [-0.39, 0.29) is 6.04 Å². The predicted octanol–water partition coefficient (Wildman–Crippen LogP) is 1.83. The zero-order valence-electron chi connectivity index (χ0n) is 17.1. The summed E-state index contributed by atoms with van der Waals surface area (Å²) in [6, 6.07) is 8.36. The van der Waals surface area contributed by atoms with Crippen LogP contribution in [0.1, 0.15) is 24.1 Å². The fourth-order valence-corrected chi connectivity index (χ4v) is 2.82. The number of benzene rings is 1. The van der Waals surface area contributed by atoms with Crippen molar-refractivity contribution in [3.8, 4) is 5.75 Å². The normalized spacial score (nSPS) is 12.9. The summed E-state index contributed by atoms with van der Waals surface area (Å²) in [5.41, 5.74) is 2.43. The lowest BCUT2D eigenvalue weighted by Crippen LogP contribution is -2.39. The van der Waals surface area contributed by atoms with Crippen LogP contribution in [-0.4, -0.2) is 61.5 Å². The van der Waals surface area contributed by atoms with Crippen molar-refractivity contribution in [3.05, 3.63) is 47.8 Å². The van der Waals surface area contributed by atoms with Crippen LogP contribution in [0, 0.1) is 0 Å². The number of methoxy groups -OCH3 is 1. The van der Waals surface area contributed by atoms with Crippen molar-refractivity contribution < 1.29 is 4.74 Å². The summed E-state index contributed by atoms with van der Waals surface area (Å²) in [6.07, 6.45) is 4.88. The Labute approximate surface area is 162 Å². The van der Waals surface area contributed by atoms with Crippen molar-refractivity contribution in [1.82, 2.24) is 25.3 Å². The highest BCUT2D eigenvalue weighted by Gasteiger charge is 2.15. The molecule has 0 aliphatic carbocycles. The van der Waals surface area contributed by atoms with Crippen molar-refractivity contribution in [2.75, 3.05) is 40.8 Å². The third-order valence-electron chi connectivity index (χ3n) is 4.36. The van der Waals surface area contributed by atoms with Gasteiger partial charge >= 0.3 is 0 Å². The number of aliphatic imine (C=N–C) groups is 1. The number of nitrogens with zero attached hydrogens (tertiary/aromatic N) is 4. The second-order valence-corrected chi connectivity index (χ2v) is 6.67. The zero-order chi connectivity index (χ0) is 19.6. The number of nitrogens with one attached hydrogen (secondary N) is 2. The van der Waals surface area contributed by atoms with E-state index in [2.05, 4.69) is 53.8 Å². The Morgan fingerprint density at radius 1 is 1.26 bits per heavy atom. The Hall–Kier alpha value is -2.54. The van der Waals surface area contributed by atoms with E-state index in [0.717, 1.165) is 31.2 Å². The maximum atomic E-state index is 5.20. The summed E-state index contributed by atoms with van der Waals surface area (Å²) in [5, 5.41) is 11.0. The van der Waals surface area contributed by atoms with Crippen LogP contribution in [0.2, 0.25) is 0 Å². The summed E-state index contributed by atoms with van der Waals surface area (Å²) in [6.45, 7) is 4.38. The van der Waals surface area contributed by atoms with Crippen LogP contribution in [0.25, 0.3) is 0 Å². The lowest BCUT2D eigenvalue weighted by Gasteiger charge is -2.22. The van der Waals surface area contributed by atoms with Gasteiger partial charge in [-0.05, 0) is 45.1 Å². The molecule has 1 aromatic heterocycles. The molecule has 7 nitrogen and oxygen atoms in total. The molecule has 2 aromatic rings. The van der Waals surface area contributed by atoms with Crippen molar-refractivity contribution >= 4 is 5.96 Å². The Morgan fingerprint density at radius 2 is 2.00 bits per heavy atom. The lowest BCUT2D eigenvalue weighted by molar-refractivity contribution is 0.306. The van der Waals surface area contributed by atoms with Crippen molar-refractivity contribution in [2.24, 2.45) is 12.0 Å². The molecule has 0 fully saturated rings. The number of hydrogen-bond donors (Lipinski definition) is 2. The monoisotopic (exact) mass is 372 g/mol. The van der Waals surface area contributed by atoms with Crippen LogP contribution in [0.5, 0.6) is 5.75 Å². The van der Waals surface area contributed by atoms with Crippen molar-refractivity contribution in [2.45, 2.75) is 19.4 Å². The smallest absolute Gasteiger partial charge is 0.191 e. The summed E-state index contributed by atoms with van der Waals surface area (Å²) >= 11 is 0. The number of ether oxygens (including phenoxy) is 1. The molecule has 1 aromatic carbocycles. The van der Waals surface area contributed by atoms with E-state index < -0.39 is 0 Å². The van der Waals surface area contributed by atoms with Gasteiger partial charge in [-0.15, -0.1) is 0 Å². The largest absolute Gasteiger partial charge is 0.497 e. The van der Waals surface area contributed by atoms with Crippen LogP contribution >= 0.6 is 0 Å². The van der Waals surface area contributed by atoms with Gasteiger partial charge in [-0.25, -0.2) is 0 Å². The van der Waals surface area contributed by atoms with Gasteiger partial charge in [-0.1, -0.05) is 12.1 Å². The number of likely N-dealkylation sites (N-methyl/N-ethyl adjacent to an activating group) is 1. The molecular weight excluding hydrogens is 340 g/mol. The molecule has 0 saturated carbocycles. The number of aromatic nitrogens is 2. The van der Waals surface area contributed by atoms with E-state index >= 15 is 0 Å². The number of guanidine groups is 1. The second kappa shape index (κ2) is 10.6. The predicted molar refractivity (Wildman–Crippen MR) is 110 cm³/mol. The van der Waals surface area contributed by atoms with E-state index in [0.29, 0.717) is 6.54 Å². The average Bonchev–Trinajstić information content (AvgIpc) is 3.08. The van der Waals surface area contributed by atoms with Crippen LogP contribution in [0.15, 0.2) is 41.7 Å². The van der Waals surface area contributed by atoms with Crippen LogP contribution in [0.3, 0.4) is 0 Å². The summed E-state index contributed by atoms with van der Waals surface area (Å²) < 4.78 is 7.03. The Morgan fingerprint density at radius 3 is 2.56 bits per heavy atom. The number of rotatable bonds is 9. The molecule has 1 atom stereocenters. The Balaban J connectivity index is 1.93. The fourth-order valence-electron chi connectivity index (χ4n) is 2.82. The molecule has 27 heavy (non-hydrogen) atoms. The summed E-state index contributed by atoms with van der Waals surface area (Å²) in [4.78, 5) is 6.94. The van der Waals surface area contributed by atoms with Gasteiger partial charge in [0.2, 0.25) is 0 Å². The highest BCUT2D eigenvalue weighted by molar-refractivity contribution is 5.79. The van der Waals surface area contributed by atoms with E-state index in [1.807, 2.05) is 36.3 Å². The molecular formula is C20H32N6O. The molecule has 0 aliphatic rings. The second-order valence-electron chi connectivity index (χ2n) is 6.67. The number of aryl methyl sites for hydroxylation is 1. The highest BCUT2D eigenvalue weighted by atomic mass is 16.5. The van der Waals surface area contributed by atoms with E-state index in [9.17, 15) is 0 Å². The quantitative estimate of drug-likeness (QED) is 0.519. The Kier molecular flexibility index (Phi) is 8.13. The molecule has 0 aliphatic heterocycles. The van der Waals surface area contributed by atoms with Gasteiger partial charge in [0.15, 0.2) is 5.96 Å².